The van der Waals surface area contributed by atoms with Crippen LogP contribution in [0.4, 0.5) is 5.82 Å². The molecular weight excluding hydrogens is 214 g/mol. The van der Waals surface area contributed by atoms with Crippen molar-refractivity contribution >= 4 is 29.1 Å². The number of halogens is 1. The maximum absolute atomic E-state index is 5.69. The van der Waals surface area contributed by atoms with E-state index in [9.17, 15) is 0 Å². The van der Waals surface area contributed by atoms with Crippen molar-refractivity contribution in [3.63, 3.8) is 0 Å². The fraction of sp³-hybridized carbons (Fsp3) is 0.250. The molecule has 0 aliphatic heterocycles. The van der Waals surface area contributed by atoms with E-state index in [2.05, 4.69) is 34.7 Å². The molecule has 9 heteroatoms. The lowest BCUT2D eigenvalue weighted by molar-refractivity contribution is 0.881. The second-order valence-corrected chi connectivity index (χ2v) is 2.97. The number of rotatable bonds is 3. The van der Waals surface area contributed by atoms with Crippen LogP contribution in [-0.4, -0.2) is 29.4 Å². The van der Waals surface area contributed by atoms with Crippen molar-refractivity contribution in [1.82, 2.24) is 29.4 Å². The van der Waals surface area contributed by atoms with E-state index in [1.165, 1.54) is 0 Å². The van der Waals surface area contributed by atoms with Gasteiger partial charge < -0.3 is 5.32 Å². The van der Waals surface area contributed by atoms with Crippen molar-refractivity contribution in [3.8, 4) is 0 Å². The first-order valence-corrected chi connectivity index (χ1v) is 4.41. The Balaban J connectivity index is 1.97. The van der Waals surface area contributed by atoms with Crippen LogP contribution < -0.4 is 5.32 Å². The number of nitrogens with one attached hydrogen (secondary N) is 2. The Morgan fingerprint density at radius 2 is 2.38 bits per heavy atom. The molecule has 0 aliphatic rings. The van der Waals surface area contributed by atoms with Crippen LogP contribution in [-0.2, 0) is 6.54 Å². The molecule has 0 spiro atoms. The first-order valence-electron chi connectivity index (χ1n) is 3.30. The van der Waals surface area contributed by atoms with E-state index >= 15 is 0 Å². The number of nitrogens with zero attached hydrogens (tertiary/aromatic N) is 5. The van der Waals surface area contributed by atoms with Crippen LogP contribution >= 0.6 is 23.3 Å². The molecule has 0 aromatic carbocycles. The smallest absolute Gasteiger partial charge is 0.193 e. The van der Waals surface area contributed by atoms with Crippen molar-refractivity contribution in [1.29, 1.82) is 0 Å². The Morgan fingerprint density at radius 3 is 3.00 bits per heavy atom. The maximum Gasteiger partial charge on any atom is 0.193 e. The van der Waals surface area contributed by atoms with Gasteiger partial charge in [0.05, 0.1) is 18.3 Å². The van der Waals surface area contributed by atoms with E-state index in [-0.39, 0.29) is 0 Å². The summed E-state index contributed by atoms with van der Waals surface area (Å²) in [6.07, 6.45) is 0. The van der Waals surface area contributed by atoms with Crippen LogP contribution in [0.2, 0.25) is 5.15 Å². The minimum Gasteiger partial charge on any atom is -0.359 e. The van der Waals surface area contributed by atoms with E-state index in [0.717, 1.165) is 11.7 Å². The molecule has 0 fully saturated rings. The average molecular weight is 218 g/mol. The summed E-state index contributed by atoms with van der Waals surface area (Å²) in [5.74, 6) is 1.08. The Bertz CT molecular complexity index is 370. The molecule has 0 atom stereocenters. The summed E-state index contributed by atoms with van der Waals surface area (Å²) in [6.45, 7) is 0.418. The van der Waals surface area contributed by atoms with Crippen molar-refractivity contribution < 1.29 is 0 Å². The van der Waals surface area contributed by atoms with E-state index in [0.29, 0.717) is 23.3 Å². The molecule has 0 unspecified atom stereocenters. The zero-order chi connectivity index (χ0) is 9.10. The molecule has 0 bridgehead atoms. The molecule has 68 valence electrons. The summed E-state index contributed by atoms with van der Waals surface area (Å²) in [4.78, 5) is 0. The zero-order valence-corrected chi connectivity index (χ0v) is 7.80. The first kappa shape index (κ1) is 8.32. The van der Waals surface area contributed by atoms with Crippen molar-refractivity contribution in [3.05, 3.63) is 11.0 Å². The predicted octanol–water partition coefficient (Wildman–Crippen LogP) is 0.317. The third kappa shape index (κ3) is 1.90. The molecule has 0 amide bonds. The number of tetrazole rings is 1. The van der Waals surface area contributed by atoms with Crippen LogP contribution in [0.5, 0.6) is 0 Å². The van der Waals surface area contributed by atoms with Gasteiger partial charge in [0.2, 0.25) is 0 Å². The van der Waals surface area contributed by atoms with Gasteiger partial charge in [-0.15, -0.1) is 10.2 Å². The molecule has 0 aliphatic carbocycles. The second kappa shape index (κ2) is 3.62. The normalized spacial score (nSPS) is 10.2. The molecule has 0 saturated heterocycles. The number of aromatic nitrogens is 6. The standard InChI is InChI=1S/C4H4ClN7S/c5-3-4(10-13-9-3)6-1-2-7-11-12-8-2/h1H2,(H,6,10)(H,7,8,11,12). The largest absolute Gasteiger partial charge is 0.359 e. The fourth-order valence-corrected chi connectivity index (χ4v) is 1.39. The van der Waals surface area contributed by atoms with Crippen molar-refractivity contribution in [2.45, 2.75) is 6.54 Å². The van der Waals surface area contributed by atoms with Crippen molar-refractivity contribution in [2.24, 2.45) is 0 Å². The summed E-state index contributed by atoms with van der Waals surface area (Å²) < 4.78 is 7.70. The van der Waals surface area contributed by atoms with Crippen LogP contribution in [0.25, 0.3) is 0 Å². The first-order chi connectivity index (χ1) is 6.36. The quantitative estimate of drug-likeness (QED) is 0.769. The Morgan fingerprint density at radius 1 is 1.46 bits per heavy atom. The molecular formula is C4H4ClN7S. The number of hydrogen-bond acceptors (Lipinski definition) is 7. The van der Waals surface area contributed by atoms with Gasteiger partial charge in [-0.2, -0.15) is 14.0 Å². The van der Waals surface area contributed by atoms with Gasteiger partial charge in [-0.1, -0.05) is 16.8 Å². The van der Waals surface area contributed by atoms with Crippen LogP contribution in [0.1, 0.15) is 5.82 Å². The second-order valence-electron chi connectivity index (χ2n) is 2.09. The van der Waals surface area contributed by atoms with E-state index in [1.54, 1.807) is 0 Å². The van der Waals surface area contributed by atoms with Gasteiger partial charge in [0.1, 0.15) is 0 Å². The van der Waals surface area contributed by atoms with Crippen LogP contribution in [0.15, 0.2) is 0 Å². The van der Waals surface area contributed by atoms with Gasteiger partial charge in [-0.3, -0.25) is 0 Å². The molecule has 7 nitrogen and oxygen atoms in total. The molecule has 0 saturated carbocycles. The maximum atomic E-state index is 5.69. The third-order valence-electron chi connectivity index (χ3n) is 1.25. The highest BCUT2D eigenvalue weighted by Gasteiger charge is 2.05. The van der Waals surface area contributed by atoms with E-state index in [4.69, 9.17) is 11.6 Å². The molecule has 0 radical (unpaired) electrons. The van der Waals surface area contributed by atoms with Gasteiger partial charge in [-0.05, 0) is 0 Å². The van der Waals surface area contributed by atoms with E-state index < -0.39 is 0 Å². The number of anilines is 1. The van der Waals surface area contributed by atoms with Gasteiger partial charge in [-0.25, -0.2) is 0 Å². The highest BCUT2D eigenvalue weighted by molar-refractivity contribution is 6.99. The zero-order valence-electron chi connectivity index (χ0n) is 6.23. The third-order valence-corrected chi connectivity index (χ3v) is 2.14. The molecule has 13 heavy (non-hydrogen) atoms. The Hall–Kier alpha value is -1.28. The van der Waals surface area contributed by atoms with Crippen LogP contribution in [0.3, 0.4) is 0 Å². The molecule has 2 aromatic heterocycles. The van der Waals surface area contributed by atoms with E-state index in [1.807, 2.05) is 0 Å². The fourth-order valence-electron chi connectivity index (χ4n) is 0.703. The lowest BCUT2D eigenvalue weighted by Crippen LogP contribution is -2.01. The minimum atomic E-state index is 0.355. The van der Waals surface area contributed by atoms with Gasteiger partial charge in [0.15, 0.2) is 16.8 Å². The molecule has 2 aromatic rings. The predicted molar refractivity (Wildman–Crippen MR) is 46.4 cm³/mol. The number of aromatic amines is 1. The number of hydrogen-bond donors (Lipinski definition) is 2. The Kier molecular flexibility index (Phi) is 2.32. The van der Waals surface area contributed by atoms with Gasteiger partial charge in [0, 0.05) is 0 Å². The molecule has 2 N–H and O–H groups in total. The monoisotopic (exact) mass is 217 g/mol. The van der Waals surface area contributed by atoms with Crippen molar-refractivity contribution in [2.75, 3.05) is 5.32 Å². The highest BCUT2D eigenvalue weighted by atomic mass is 35.5. The lowest BCUT2D eigenvalue weighted by atomic mass is 10.6. The number of H-pyrrole nitrogens is 1. The van der Waals surface area contributed by atoms with Gasteiger partial charge >= 0.3 is 0 Å². The average Bonchev–Trinajstić information content (AvgIpc) is 2.72. The summed E-state index contributed by atoms with van der Waals surface area (Å²) in [5, 5.41) is 16.5. The highest BCUT2D eigenvalue weighted by Crippen LogP contribution is 2.17. The summed E-state index contributed by atoms with van der Waals surface area (Å²) in [6, 6.07) is 0. The topological polar surface area (TPSA) is 92.3 Å². The SMILES string of the molecule is Clc1nsnc1NCc1nn[nH]n1. The lowest BCUT2D eigenvalue weighted by Gasteiger charge is -1.96. The molecule has 2 heterocycles. The van der Waals surface area contributed by atoms with Gasteiger partial charge in [0.25, 0.3) is 0 Å². The Labute approximate surface area is 81.8 Å². The molecule has 2 rings (SSSR count). The van der Waals surface area contributed by atoms with Crippen LogP contribution in [0, 0.1) is 0 Å². The summed E-state index contributed by atoms with van der Waals surface area (Å²) in [5.41, 5.74) is 0. The minimum absolute atomic E-state index is 0.355. The summed E-state index contributed by atoms with van der Waals surface area (Å²) >= 11 is 6.73. The summed E-state index contributed by atoms with van der Waals surface area (Å²) in [7, 11) is 0.